The lowest BCUT2D eigenvalue weighted by Gasteiger charge is -2.09. The van der Waals surface area contributed by atoms with Crippen LogP contribution in [0.5, 0.6) is 0 Å². The topological polar surface area (TPSA) is 81.4 Å². The van der Waals surface area contributed by atoms with Gasteiger partial charge in [0, 0.05) is 24.8 Å². The number of hydrogen-bond donors (Lipinski definition) is 2. The maximum absolute atomic E-state index is 13.8. The molecule has 1 aromatic carbocycles. The van der Waals surface area contributed by atoms with Gasteiger partial charge in [0.15, 0.2) is 5.82 Å². The highest BCUT2D eigenvalue weighted by atomic mass is 35.5. The second-order valence-corrected chi connectivity index (χ2v) is 7.25. The molecule has 5 nitrogen and oxygen atoms in total. The molecule has 0 amide bonds. The lowest BCUT2D eigenvalue weighted by atomic mass is 10.3. The largest absolute Gasteiger partial charge is 0.396 e. The minimum atomic E-state index is -3.97. The highest BCUT2D eigenvalue weighted by Crippen LogP contribution is 2.28. The second kappa shape index (κ2) is 6.91. The van der Waals surface area contributed by atoms with Gasteiger partial charge in [0.2, 0.25) is 10.0 Å². The molecule has 0 atom stereocenters. The summed E-state index contributed by atoms with van der Waals surface area (Å²) < 4.78 is 45.5. The molecule has 1 aromatic rings. The molecular formula is C13H18ClFN2O3S. The summed E-state index contributed by atoms with van der Waals surface area (Å²) in [6.07, 6.45) is 2.94. The quantitative estimate of drug-likeness (QED) is 0.563. The molecule has 8 heteroatoms. The number of hydrogen-bond acceptors (Lipinski definition) is 4. The Kier molecular flexibility index (Phi) is 5.43. The number of rotatable bonds is 8. The third-order valence-corrected chi connectivity index (χ3v) is 4.81. The van der Waals surface area contributed by atoms with Crippen molar-refractivity contribution < 1.29 is 17.5 Å². The number of ether oxygens (including phenoxy) is 1. The highest BCUT2D eigenvalue weighted by molar-refractivity contribution is 7.89. The first-order valence-corrected chi connectivity index (χ1v) is 8.58. The van der Waals surface area contributed by atoms with Gasteiger partial charge in [0.25, 0.3) is 0 Å². The van der Waals surface area contributed by atoms with Crippen LogP contribution >= 0.6 is 11.6 Å². The van der Waals surface area contributed by atoms with Gasteiger partial charge < -0.3 is 10.5 Å². The highest BCUT2D eigenvalue weighted by Gasteiger charge is 2.22. The van der Waals surface area contributed by atoms with E-state index in [4.69, 9.17) is 22.1 Å². The van der Waals surface area contributed by atoms with Gasteiger partial charge in [0.1, 0.15) is 4.90 Å². The monoisotopic (exact) mass is 336 g/mol. The molecule has 0 radical (unpaired) electrons. The Morgan fingerprint density at radius 1 is 1.43 bits per heavy atom. The molecule has 2 rings (SSSR count). The third-order valence-electron chi connectivity index (χ3n) is 3.13. The number of sulfonamides is 1. The summed E-state index contributed by atoms with van der Waals surface area (Å²) in [4.78, 5) is -0.536. The van der Waals surface area contributed by atoms with E-state index < -0.39 is 20.7 Å². The van der Waals surface area contributed by atoms with Gasteiger partial charge >= 0.3 is 0 Å². The molecule has 1 saturated carbocycles. The molecule has 1 aliphatic rings. The van der Waals surface area contributed by atoms with Crippen LogP contribution < -0.4 is 10.5 Å². The Hall–Kier alpha value is -0.890. The summed E-state index contributed by atoms with van der Waals surface area (Å²) >= 11 is 5.71. The van der Waals surface area contributed by atoms with Crippen molar-refractivity contribution in [2.24, 2.45) is 5.92 Å². The molecule has 1 aliphatic carbocycles. The third kappa shape index (κ3) is 4.81. The van der Waals surface area contributed by atoms with E-state index >= 15 is 0 Å². The van der Waals surface area contributed by atoms with E-state index in [1.165, 1.54) is 18.9 Å². The average Bonchev–Trinajstić information content (AvgIpc) is 3.22. The van der Waals surface area contributed by atoms with Crippen molar-refractivity contribution in [1.82, 2.24) is 4.72 Å². The zero-order valence-corrected chi connectivity index (χ0v) is 13.0. The second-order valence-electron chi connectivity index (χ2n) is 5.08. The summed E-state index contributed by atoms with van der Waals surface area (Å²) in [5, 5.41) is 0.0713. The molecule has 0 unspecified atom stereocenters. The van der Waals surface area contributed by atoms with Crippen molar-refractivity contribution in [3.63, 3.8) is 0 Å². The maximum Gasteiger partial charge on any atom is 0.243 e. The van der Waals surface area contributed by atoms with E-state index in [2.05, 4.69) is 4.72 Å². The first-order chi connectivity index (χ1) is 9.90. The van der Waals surface area contributed by atoms with Crippen LogP contribution in [0.2, 0.25) is 5.02 Å². The lowest BCUT2D eigenvalue weighted by Crippen LogP contribution is -2.26. The number of benzene rings is 1. The Balaban J connectivity index is 1.86. The maximum atomic E-state index is 13.8. The van der Waals surface area contributed by atoms with Crippen LogP contribution in [0.1, 0.15) is 19.3 Å². The summed E-state index contributed by atoms with van der Waals surface area (Å²) in [6, 6.07) is 2.21. The van der Waals surface area contributed by atoms with Gasteiger partial charge in [-0.3, -0.25) is 0 Å². The number of anilines is 1. The van der Waals surface area contributed by atoms with Crippen LogP contribution in [0.15, 0.2) is 17.0 Å². The Bertz CT molecular complexity index is 606. The average molecular weight is 337 g/mol. The van der Waals surface area contributed by atoms with Crippen molar-refractivity contribution in [3.05, 3.63) is 23.0 Å². The molecule has 21 heavy (non-hydrogen) atoms. The predicted octanol–water partition coefficient (Wildman–Crippen LogP) is 2.16. The van der Waals surface area contributed by atoms with Crippen molar-refractivity contribution in [1.29, 1.82) is 0 Å². The SMILES string of the molecule is Nc1cc(Cl)cc(S(=O)(=O)NCCCOCC2CC2)c1F. The molecule has 0 heterocycles. The molecule has 0 saturated heterocycles. The fraction of sp³-hybridized carbons (Fsp3) is 0.538. The number of halogens is 2. The molecule has 0 aliphatic heterocycles. The van der Waals surface area contributed by atoms with Crippen LogP contribution in [-0.4, -0.2) is 28.2 Å². The molecule has 118 valence electrons. The fourth-order valence-electron chi connectivity index (χ4n) is 1.77. The molecule has 0 bridgehead atoms. The number of nitrogen functional groups attached to an aromatic ring is 1. The Morgan fingerprint density at radius 2 is 2.14 bits per heavy atom. The minimum Gasteiger partial charge on any atom is -0.396 e. The summed E-state index contributed by atoms with van der Waals surface area (Å²) in [5.74, 6) is -0.317. The smallest absolute Gasteiger partial charge is 0.243 e. The molecular weight excluding hydrogens is 319 g/mol. The lowest BCUT2D eigenvalue weighted by molar-refractivity contribution is 0.123. The van der Waals surface area contributed by atoms with Crippen molar-refractivity contribution in [3.8, 4) is 0 Å². The Morgan fingerprint density at radius 3 is 2.81 bits per heavy atom. The predicted molar refractivity (Wildman–Crippen MR) is 79.2 cm³/mol. The number of nitrogens with one attached hydrogen (secondary N) is 1. The first-order valence-electron chi connectivity index (χ1n) is 6.72. The van der Waals surface area contributed by atoms with Crippen LogP contribution in [0.25, 0.3) is 0 Å². The number of nitrogens with two attached hydrogens (primary N) is 1. The van der Waals surface area contributed by atoms with Crippen LogP contribution in [0.3, 0.4) is 0 Å². The first kappa shape index (κ1) is 16.5. The van der Waals surface area contributed by atoms with Crippen LogP contribution in [0.4, 0.5) is 10.1 Å². The van der Waals surface area contributed by atoms with E-state index in [0.717, 1.165) is 12.7 Å². The van der Waals surface area contributed by atoms with Crippen molar-refractivity contribution in [2.75, 3.05) is 25.5 Å². The van der Waals surface area contributed by atoms with Crippen molar-refractivity contribution >= 4 is 27.3 Å². The fourth-order valence-corrected chi connectivity index (χ4v) is 3.27. The molecule has 0 aromatic heterocycles. The van der Waals surface area contributed by atoms with E-state index in [1.54, 1.807) is 0 Å². The van der Waals surface area contributed by atoms with Crippen molar-refractivity contribution in [2.45, 2.75) is 24.2 Å². The molecule has 3 N–H and O–H groups in total. The Labute approximate surface area is 128 Å². The summed E-state index contributed by atoms with van der Waals surface area (Å²) in [6.45, 7) is 1.37. The zero-order valence-electron chi connectivity index (χ0n) is 11.4. The van der Waals surface area contributed by atoms with Gasteiger partial charge in [-0.2, -0.15) is 0 Å². The molecule has 1 fully saturated rings. The standard InChI is InChI=1S/C13H18ClFN2O3S/c14-10-6-11(16)13(15)12(7-10)21(18,19)17-4-1-5-20-8-9-2-3-9/h6-7,9,17H,1-5,8,16H2. The zero-order chi connectivity index (χ0) is 15.5. The van der Waals surface area contributed by atoms with Gasteiger partial charge in [-0.05, 0) is 37.3 Å². The van der Waals surface area contributed by atoms with E-state index in [-0.39, 0.29) is 17.3 Å². The van der Waals surface area contributed by atoms with E-state index in [1.807, 2.05) is 0 Å². The summed E-state index contributed by atoms with van der Waals surface area (Å²) in [5.41, 5.74) is 5.08. The van der Waals surface area contributed by atoms with Crippen LogP contribution in [-0.2, 0) is 14.8 Å². The van der Waals surface area contributed by atoms with E-state index in [9.17, 15) is 12.8 Å². The normalized spacial score (nSPS) is 15.3. The molecule has 0 spiro atoms. The minimum absolute atomic E-state index is 0.0713. The van der Waals surface area contributed by atoms with E-state index in [0.29, 0.717) is 18.9 Å². The van der Waals surface area contributed by atoms with Gasteiger partial charge in [0.05, 0.1) is 5.69 Å². The van der Waals surface area contributed by atoms with Gasteiger partial charge in [-0.15, -0.1) is 0 Å². The van der Waals surface area contributed by atoms with Gasteiger partial charge in [-0.1, -0.05) is 11.6 Å². The van der Waals surface area contributed by atoms with Crippen LogP contribution in [0, 0.1) is 11.7 Å². The van der Waals surface area contributed by atoms with Gasteiger partial charge in [-0.25, -0.2) is 17.5 Å². The summed E-state index contributed by atoms with van der Waals surface area (Å²) in [7, 11) is -3.97.